The van der Waals surface area contributed by atoms with Crippen LogP contribution in [0.1, 0.15) is 15.9 Å². The van der Waals surface area contributed by atoms with Crippen molar-refractivity contribution in [3.05, 3.63) is 67.1 Å². The van der Waals surface area contributed by atoms with Crippen LogP contribution >= 0.6 is 50.7 Å². The van der Waals surface area contributed by atoms with E-state index in [9.17, 15) is 4.79 Å². The first kappa shape index (κ1) is 16.6. The second-order valence-corrected chi connectivity index (χ2v) is 6.64. The van der Waals surface area contributed by atoms with Crippen LogP contribution in [0, 0.1) is 0 Å². The molecule has 0 aliphatic rings. The van der Waals surface area contributed by atoms with Gasteiger partial charge in [-0.05, 0) is 51.8 Å². The third-order valence-electron chi connectivity index (χ3n) is 2.91. The van der Waals surface area contributed by atoms with Crippen LogP contribution < -0.4 is 0 Å². The quantitative estimate of drug-likeness (QED) is 0.641. The summed E-state index contributed by atoms with van der Waals surface area (Å²) >= 11 is 21.1. The highest BCUT2D eigenvalue weighted by Crippen LogP contribution is 2.25. The Bertz CT molecular complexity index is 691. The number of benzene rings is 2. The van der Waals surface area contributed by atoms with Gasteiger partial charge in [0.2, 0.25) is 0 Å². The monoisotopic (exact) mass is 405 g/mol. The van der Waals surface area contributed by atoms with Crippen LogP contribution in [0.3, 0.4) is 0 Å². The molecule has 0 radical (unpaired) electrons. The predicted molar refractivity (Wildman–Crippen MR) is 91.4 cm³/mol. The summed E-state index contributed by atoms with van der Waals surface area (Å²) in [5.74, 6) is -0.107. The molecule has 0 aromatic heterocycles. The van der Waals surface area contributed by atoms with E-state index in [1.54, 1.807) is 42.3 Å². The van der Waals surface area contributed by atoms with Crippen molar-refractivity contribution in [1.82, 2.24) is 4.90 Å². The van der Waals surface area contributed by atoms with Gasteiger partial charge >= 0.3 is 0 Å². The molecule has 0 bridgehead atoms. The van der Waals surface area contributed by atoms with Gasteiger partial charge in [0.25, 0.3) is 5.91 Å². The SMILES string of the molecule is CN(Cc1ccc(Cl)c(Cl)c1)C(=O)c1ccc(Cl)cc1Br. The summed E-state index contributed by atoms with van der Waals surface area (Å²) in [5.41, 5.74) is 1.47. The van der Waals surface area contributed by atoms with E-state index < -0.39 is 0 Å². The van der Waals surface area contributed by atoms with Crippen LogP contribution in [0.5, 0.6) is 0 Å². The lowest BCUT2D eigenvalue weighted by molar-refractivity contribution is 0.0784. The molecule has 2 aromatic carbocycles. The number of nitrogens with zero attached hydrogens (tertiary/aromatic N) is 1. The van der Waals surface area contributed by atoms with Crippen molar-refractivity contribution in [2.75, 3.05) is 7.05 Å². The molecule has 2 aromatic rings. The lowest BCUT2D eigenvalue weighted by Crippen LogP contribution is -2.26. The molecular weight excluding hydrogens is 396 g/mol. The van der Waals surface area contributed by atoms with Gasteiger partial charge in [0.05, 0.1) is 15.6 Å². The van der Waals surface area contributed by atoms with Crippen molar-refractivity contribution in [1.29, 1.82) is 0 Å². The van der Waals surface area contributed by atoms with Gasteiger partial charge in [-0.1, -0.05) is 40.9 Å². The molecule has 0 saturated carbocycles. The summed E-state index contributed by atoms with van der Waals surface area (Å²) < 4.78 is 0.668. The van der Waals surface area contributed by atoms with Crippen molar-refractivity contribution >= 4 is 56.6 Å². The van der Waals surface area contributed by atoms with E-state index in [2.05, 4.69) is 15.9 Å². The molecule has 0 atom stereocenters. The molecule has 0 aliphatic carbocycles. The highest BCUT2D eigenvalue weighted by atomic mass is 79.9. The molecule has 0 fully saturated rings. The Hall–Kier alpha value is -0.740. The average molecular weight is 408 g/mol. The second-order valence-electron chi connectivity index (χ2n) is 4.53. The van der Waals surface area contributed by atoms with E-state index in [1.165, 1.54) is 0 Å². The Morgan fingerprint density at radius 1 is 1.10 bits per heavy atom. The van der Waals surface area contributed by atoms with Crippen LogP contribution in [0.4, 0.5) is 0 Å². The Morgan fingerprint density at radius 3 is 2.43 bits per heavy atom. The highest BCUT2D eigenvalue weighted by molar-refractivity contribution is 9.10. The Kier molecular flexibility index (Phi) is 5.55. The Balaban J connectivity index is 2.17. The van der Waals surface area contributed by atoms with Gasteiger partial charge in [0.15, 0.2) is 0 Å². The van der Waals surface area contributed by atoms with E-state index >= 15 is 0 Å². The zero-order valence-electron chi connectivity index (χ0n) is 11.0. The molecule has 6 heteroatoms. The van der Waals surface area contributed by atoms with Crippen LogP contribution in [0.15, 0.2) is 40.9 Å². The van der Waals surface area contributed by atoms with Gasteiger partial charge in [-0.25, -0.2) is 0 Å². The molecule has 1 amide bonds. The number of carbonyl (C=O) groups is 1. The van der Waals surface area contributed by atoms with Crippen molar-refractivity contribution in [2.24, 2.45) is 0 Å². The van der Waals surface area contributed by atoms with Gasteiger partial charge in [-0.3, -0.25) is 4.79 Å². The maximum atomic E-state index is 12.4. The van der Waals surface area contributed by atoms with E-state index in [0.29, 0.717) is 31.6 Å². The maximum Gasteiger partial charge on any atom is 0.255 e. The molecule has 0 spiro atoms. The minimum Gasteiger partial charge on any atom is -0.337 e. The van der Waals surface area contributed by atoms with Crippen LogP contribution in [-0.2, 0) is 6.54 Å². The zero-order valence-corrected chi connectivity index (χ0v) is 14.9. The first-order valence-corrected chi connectivity index (χ1v) is 7.95. The molecule has 110 valence electrons. The van der Waals surface area contributed by atoms with E-state index in [-0.39, 0.29) is 5.91 Å². The molecule has 2 nitrogen and oxygen atoms in total. The predicted octanol–water partition coefficient (Wildman–Crippen LogP) is 5.68. The summed E-state index contributed by atoms with van der Waals surface area (Å²) in [6.07, 6.45) is 0. The lowest BCUT2D eigenvalue weighted by atomic mass is 10.1. The molecule has 0 aliphatic heterocycles. The topological polar surface area (TPSA) is 20.3 Å². The molecule has 0 saturated heterocycles. The molecule has 2 rings (SSSR count). The summed E-state index contributed by atoms with van der Waals surface area (Å²) in [5, 5.41) is 1.54. The maximum absolute atomic E-state index is 12.4. The second kappa shape index (κ2) is 7.01. The summed E-state index contributed by atoms with van der Waals surface area (Å²) in [4.78, 5) is 14.0. The van der Waals surface area contributed by atoms with E-state index in [0.717, 1.165) is 5.56 Å². The molecule has 0 heterocycles. The first-order valence-electron chi connectivity index (χ1n) is 6.03. The normalized spacial score (nSPS) is 10.5. The first-order chi connectivity index (χ1) is 9.88. The third-order valence-corrected chi connectivity index (χ3v) is 4.54. The van der Waals surface area contributed by atoms with Crippen LogP contribution in [0.25, 0.3) is 0 Å². The summed E-state index contributed by atoms with van der Waals surface area (Å²) in [6, 6.07) is 10.4. The molecule has 21 heavy (non-hydrogen) atoms. The van der Waals surface area contributed by atoms with Crippen molar-refractivity contribution in [3.8, 4) is 0 Å². The minimum absolute atomic E-state index is 0.107. The van der Waals surface area contributed by atoms with Crippen molar-refractivity contribution < 1.29 is 4.79 Å². The molecule has 0 N–H and O–H groups in total. The minimum atomic E-state index is -0.107. The number of hydrogen-bond donors (Lipinski definition) is 0. The smallest absolute Gasteiger partial charge is 0.255 e. The Morgan fingerprint density at radius 2 is 1.81 bits per heavy atom. The highest BCUT2D eigenvalue weighted by Gasteiger charge is 2.15. The summed E-state index contributed by atoms with van der Waals surface area (Å²) in [6.45, 7) is 0.435. The number of amides is 1. The van der Waals surface area contributed by atoms with Crippen molar-refractivity contribution in [3.63, 3.8) is 0 Å². The van der Waals surface area contributed by atoms with E-state index in [4.69, 9.17) is 34.8 Å². The molecule has 0 unspecified atom stereocenters. The van der Waals surface area contributed by atoms with Gasteiger partial charge in [0, 0.05) is 23.1 Å². The number of carbonyl (C=O) groups excluding carboxylic acids is 1. The fourth-order valence-corrected chi connectivity index (χ4v) is 3.03. The molecular formula is C15H11BrCl3NO. The number of hydrogen-bond acceptors (Lipinski definition) is 1. The van der Waals surface area contributed by atoms with Gasteiger partial charge in [0.1, 0.15) is 0 Å². The van der Waals surface area contributed by atoms with Crippen LogP contribution in [0.2, 0.25) is 15.1 Å². The average Bonchev–Trinajstić information content (AvgIpc) is 2.42. The van der Waals surface area contributed by atoms with E-state index in [1.807, 2.05) is 6.07 Å². The lowest BCUT2D eigenvalue weighted by Gasteiger charge is -2.18. The van der Waals surface area contributed by atoms with Crippen molar-refractivity contribution in [2.45, 2.75) is 6.54 Å². The summed E-state index contributed by atoms with van der Waals surface area (Å²) in [7, 11) is 1.73. The Labute approximate surface area is 146 Å². The number of rotatable bonds is 3. The van der Waals surface area contributed by atoms with Crippen LogP contribution in [-0.4, -0.2) is 17.9 Å². The van der Waals surface area contributed by atoms with Gasteiger partial charge in [-0.15, -0.1) is 0 Å². The largest absolute Gasteiger partial charge is 0.337 e. The third kappa shape index (κ3) is 4.13. The number of halogens is 4. The standard InChI is InChI=1S/C15H11BrCl3NO/c1-20(8-9-2-5-13(18)14(19)6-9)15(21)11-4-3-10(17)7-12(11)16/h2-7H,8H2,1H3. The van der Waals surface area contributed by atoms with Gasteiger partial charge in [-0.2, -0.15) is 0 Å². The fraction of sp³-hybridized carbons (Fsp3) is 0.133. The van der Waals surface area contributed by atoms with Gasteiger partial charge < -0.3 is 4.90 Å². The fourth-order valence-electron chi connectivity index (χ4n) is 1.85. The zero-order chi connectivity index (χ0) is 15.6.